The number of halogens is 1. The molecule has 4 rings (SSSR count). The molecule has 0 saturated heterocycles. The second-order valence-corrected chi connectivity index (χ2v) is 10.7. The van der Waals surface area contributed by atoms with E-state index < -0.39 is 0 Å². The molecular weight excluding hydrogens is 558 g/mol. The molecule has 0 radical (unpaired) electrons. The van der Waals surface area contributed by atoms with Crippen LogP contribution >= 0.6 is 11.6 Å². The number of carbonyl (C=O) groups excluding carboxylic acids is 2. The Morgan fingerprint density at radius 3 is 2.40 bits per heavy atom. The van der Waals surface area contributed by atoms with Crippen LogP contribution in [0.5, 0.6) is 0 Å². The summed E-state index contributed by atoms with van der Waals surface area (Å²) in [6.07, 6.45) is 10.7. The number of amides is 2. The van der Waals surface area contributed by atoms with Crippen molar-refractivity contribution in [3.05, 3.63) is 93.1 Å². The first-order valence-corrected chi connectivity index (χ1v) is 15.3. The molecule has 7 nitrogen and oxygen atoms in total. The number of hydrogen-bond donors (Lipinski definition) is 3. The average Bonchev–Trinajstić information content (AvgIpc) is 3.43. The molecule has 2 aromatic carbocycles. The number of benzene rings is 2. The van der Waals surface area contributed by atoms with Gasteiger partial charge in [-0.3, -0.25) is 9.59 Å². The normalized spacial score (nSPS) is 14.3. The van der Waals surface area contributed by atoms with Crippen LogP contribution in [0.25, 0.3) is 17.7 Å². The van der Waals surface area contributed by atoms with Crippen LogP contribution in [0.1, 0.15) is 50.8 Å². The molecule has 1 atom stereocenters. The quantitative estimate of drug-likeness (QED) is 0.298. The Bertz CT molecular complexity index is 1440. The van der Waals surface area contributed by atoms with Gasteiger partial charge >= 0.3 is 0 Å². The number of nitrogens with zero attached hydrogens (tertiary/aromatic N) is 2. The lowest BCUT2D eigenvalue weighted by Crippen LogP contribution is -2.41. The summed E-state index contributed by atoms with van der Waals surface area (Å²) in [5.74, 6) is -0.0280. The molecule has 2 amide bonds. The molecule has 1 aliphatic rings. The zero-order valence-corrected chi connectivity index (χ0v) is 27.5. The molecule has 2 heterocycles. The summed E-state index contributed by atoms with van der Waals surface area (Å²) >= 11 is 5.82. The zero-order chi connectivity index (χ0) is 31.8. The summed E-state index contributed by atoms with van der Waals surface area (Å²) in [6, 6.07) is 15.5. The third kappa shape index (κ3) is 11.2. The molecule has 3 N–H and O–H groups in total. The van der Waals surface area contributed by atoms with Gasteiger partial charge in [-0.05, 0) is 99.6 Å². The van der Waals surface area contributed by atoms with Crippen molar-refractivity contribution in [3.8, 4) is 0 Å². The van der Waals surface area contributed by atoms with E-state index in [0.717, 1.165) is 52.8 Å². The van der Waals surface area contributed by atoms with Crippen LogP contribution < -0.4 is 21.2 Å². The second kappa shape index (κ2) is 18.8. The number of rotatable bonds is 9. The van der Waals surface area contributed by atoms with Gasteiger partial charge in [-0.15, -0.1) is 0 Å². The van der Waals surface area contributed by atoms with Crippen molar-refractivity contribution in [2.24, 2.45) is 0 Å². The highest BCUT2D eigenvalue weighted by atomic mass is 35.5. The number of aromatic nitrogens is 1. The number of H-pyrrole nitrogens is 1. The topological polar surface area (TPSA) is 80.5 Å². The Labute approximate surface area is 262 Å². The Hall–Kier alpha value is -3.65. The van der Waals surface area contributed by atoms with Crippen molar-refractivity contribution in [1.29, 1.82) is 0 Å². The van der Waals surface area contributed by atoms with Gasteiger partial charge in [0.15, 0.2) is 0 Å². The van der Waals surface area contributed by atoms with Crippen molar-refractivity contribution in [3.63, 3.8) is 0 Å². The summed E-state index contributed by atoms with van der Waals surface area (Å²) in [7, 11) is 5.88. The van der Waals surface area contributed by atoms with Crippen LogP contribution in [0.3, 0.4) is 0 Å². The molecule has 43 heavy (non-hydrogen) atoms. The van der Waals surface area contributed by atoms with E-state index >= 15 is 0 Å². The van der Waals surface area contributed by atoms with Gasteiger partial charge in [0.25, 0.3) is 0 Å². The molecular formula is C35H48ClN5O2. The maximum atomic E-state index is 12.7. The van der Waals surface area contributed by atoms with Gasteiger partial charge in [-0.25, -0.2) is 0 Å². The molecule has 0 aliphatic carbocycles. The minimum absolute atomic E-state index is 0.0280. The van der Waals surface area contributed by atoms with Gasteiger partial charge in [0.2, 0.25) is 12.3 Å². The fourth-order valence-corrected chi connectivity index (χ4v) is 4.96. The third-order valence-electron chi connectivity index (χ3n) is 7.00. The largest absolute Gasteiger partial charge is 0.361 e. The molecule has 8 heteroatoms. The fourth-order valence-electron chi connectivity index (χ4n) is 4.84. The number of carbonyl (C=O) groups is 2. The molecule has 1 aliphatic heterocycles. The molecule has 0 spiro atoms. The van der Waals surface area contributed by atoms with E-state index in [-0.39, 0.29) is 11.9 Å². The summed E-state index contributed by atoms with van der Waals surface area (Å²) < 4.78 is 0. The Balaban J connectivity index is 0.000000320. The molecule has 0 saturated carbocycles. The first-order valence-electron chi connectivity index (χ1n) is 14.9. The highest BCUT2D eigenvalue weighted by Crippen LogP contribution is 2.23. The van der Waals surface area contributed by atoms with E-state index in [1.54, 1.807) is 4.90 Å². The minimum atomic E-state index is -0.299. The number of hydrogen-bond acceptors (Lipinski definition) is 4. The molecule has 0 unspecified atom stereocenters. The van der Waals surface area contributed by atoms with Gasteiger partial charge in [-0.1, -0.05) is 67.9 Å². The van der Waals surface area contributed by atoms with E-state index in [9.17, 15) is 9.59 Å². The first kappa shape index (κ1) is 35.5. The SMILES string of the molecule is C/C=c1/c(C[C@@H](NC)C(=O)Nc2cccc(CN(C)C)c2)c[nH]/c1=C/C.CC.O=CN1CC=C(c2ccc(Cl)cc2)CC1. The monoisotopic (exact) mass is 605 g/mol. The molecule has 1 aromatic heterocycles. The van der Waals surface area contributed by atoms with Gasteiger partial charge < -0.3 is 25.4 Å². The van der Waals surface area contributed by atoms with Crippen LogP contribution in [0.4, 0.5) is 5.69 Å². The highest BCUT2D eigenvalue weighted by Gasteiger charge is 2.18. The zero-order valence-electron chi connectivity index (χ0n) is 26.7. The van der Waals surface area contributed by atoms with Crippen molar-refractivity contribution in [2.75, 3.05) is 39.5 Å². The lowest BCUT2D eigenvalue weighted by Gasteiger charge is -2.22. The first-order chi connectivity index (χ1) is 20.8. The van der Waals surface area contributed by atoms with Crippen molar-refractivity contribution < 1.29 is 9.59 Å². The van der Waals surface area contributed by atoms with Crippen molar-refractivity contribution in [1.82, 2.24) is 20.1 Å². The van der Waals surface area contributed by atoms with E-state index in [4.69, 9.17) is 11.6 Å². The molecule has 0 fully saturated rings. The number of anilines is 1. The van der Waals surface area contributed by atoms with Gasteiger partial charge in [-0.2, -0.15) is 0 Å². The van der Waals surface area contributed by atoms with E-state index in [1.165, 1.54) is 16.7 Å². The van der Waals surface area contributed by atoms with Crippen LogP contribution in [-0.4, -0.2) is 67.4 Å². The maximum absolute atomic E-state index is 12.7. The fraction of sp³-hybridized carbons (Fsp3) is 0.371. The Morgan fingerprint density at radius 1 is 1.12 bits per heavy atom. The lowest BCUT2D eigenvalue weighted by molar-refractivity contribution is -0.118. The van der Waals surface area contributed by atoms with Gasteiger partial charge in [0.1, 0.15) is 0 Å². The third-order valence-corrected chi connectivity index (χ3v) is 7.25. The van der Waals surface area contributed by atoms with E-state index in [2.05, 4.69) is 38.7 Å². The standard InChI is InChI=1S/C21H30N4O.C12H12ClNO.C2H6/c1-6-18-16(13-23-19(18)7-2)12-20(22-3)21(26)24-17-10-8-9-15(11-17)14-25(4)5;13-12-3-1-10(2-4-12)11-5-7-14(9-15)8-6-11;1-2/h6-11,13,20,22-23H,12,14H2,1-5H3,(H,24,26);1-5,9H,6-8H2;1-2H3/b18-6-,19-7+;;/t20-;;/m1../s1. The van der Waals surface area contributed by atoms with E-state index in [1.807, 2.05) is 104 Å². The number of nitrogens with one attached hydrogen (secondary N) is 3. The maximum Gasteiger partial charge on any atom is 0.241 e. The number of aromatic amines is 1. The van der Waals surface area contributed by atoms with Crippen LogP contribution in [0.2, 0.25) is 5.02 Å². The van der Waals surface area contributed by atoms with Crippen LogP contribution in [-0.2, 0) is 22.6 Å². The Kier molecular flexibility index (Phi) is 15.5. The summed E-state index contributed by atoms with van der Waals surface area (Å²) in [4.78, 5) is 30.4. The average molecular weight is 606 g/mol. The predicted octanol–water partition coefficient (Wildman–Crippen LogP) is 5.06. The smallest absolute Gasteiger partial charge is 0.241 e. The lowest BCUT2D eigenvalue weighted by atomic mass is 10.00. The summed E-state index contributed by atoms with van der Waals surface area (Å²) in [5, 5.41) is 9.18. The summed E-state index contributed by atoms with van der Waals surface area (Å²) in [5.41, 5.74) is 5.63. The highest BCUT2D eigenvalue weighted by molar-refractivity contribution is 6.30. The van der Waals surface area contributed by atoms with Crippen LogP contribution in [0.15, 0.2) is 60.8 Å². The number of likely N-dealkylation sites (N-methyl/N-ethyl adjacent to an activating group) is 1. The molecule has 3 aromatic rings. The van der Waals surface area contributed by atoms with Crippen LogP contribution in [0, 0.1) is 0 Å². The minimum Gasteiger partial charge on any atom is -0.361 e. The van der Waals surface area contributed by atoms with Crippen molar-refractivity contribution >= 4 is 47.3 Å². The Morgan fingerprint density at radius 2 is 1.84 bits per heavy atom. The molecule has 0 bridgehead atoms. The van der Waals surface area contributed by atoms with Crippen molar-refractivity contribution in [2.45, 2.75) is 53.1 Å². The van der Waals surface area contributed by atoms with Gasteiger partial charge in [0, 0.05) is 41.9 Å². The second-order valence-electron chi connectivity index (χ2n) is 10.3. The molecule has 232 valence electrons. The van der Waals surface area contributed by atoms with E-state index in [0.29, 0.717) is 13.0 Å². The summed E-state index contributed by atoms with van der Waals surface area (Å²) in [6.45, 7) is 10.4. The van der Waals surface area contributed by atoms with Gasteiger partial charge in [0.05, 0.1) is 6.04 Å². The predicted molar refractivity (Wildman–Crippen MR) is 182 cm³/mol.